The van der Waals surface area contributed by atoms with Crippen LogP contribution in [-0.2, 0) is 11.3 Å². The molecule has 0 aliphatic heterocycles. The maximum Gasteiger partial charge on any atom is 0.236 e. The number of nitrogens with two attached hydrogens (primary N) is 1. The number of hydrogen-bond acceptors (Lipinski definition) is 4. The largest absolute Gasteiger partial charge is 0.464 e. The zero-order valence-corrected chi connectivity index (χ0v) is 10.8. The summed E-state index contributed by atoms with van der Waals surface area (Å²) < 4.78 is 5.43. The number of nitrogens with zero attached hydrogens (tertiary/aromatic N) is 2. The molecule has 0 fully saturated rings. The minimum Gasteiger partial charge on any atom is -0.464 e. The molecule has 1 heterocycles. The molecule has 0 saturated carbocycles. The molecule has 1 aromatic heterocycles. The van der Waals surface area contributed by atoms with Gasteiger partial charge in [0.05, 0.1) is 13.1 Å². The Bertz CT molecular complexity index is 362. The molecule has 5 heteroatoms. The fourth-order valence-corrected chi connectivity index (χ4v) is 1.54. The molecule has 17 heavy (non-hydrogen) atoms. The van der Waals surface area contributed by atoms with Gasteiger partial charge >= 0.3 is 0 Å². The summed E-state index contributed by atoms with van der Waals surface area (Å²) in [5, 5.41) is 0. The summed E-state index contributed by atoms with van der Waals surface area (Å²) in [6.45, 7) is 4.06. The van der Waals surface area contributed by atoms with Crippen LogP contribution in [0, 0.1) is 6.92 Å². The van der Waals surface area contributed by atoms with E-state index in [9.17, 15) is 4.79 Å². The zero-order chi connectivity index (χ0) is 12.8. The minimum absolute atomic E-state index is 0.0648. The second-order valence-electron chi connectivity index (χ2n) is 4.29. The van der Waals surface area contributed by atoms with E-state index in [-0.39, 0.29) is 5.91 Å². The molecule has 0 radical (unpaired) electrons. The molecule has 0 aliphatic rings. The summed E-state index contributed by atoms with van der Waals surface area (Å²) in [5.41, 5.74) is 5.43. The van der Waals surface area contributed by atoms with Crippen molar-refractivity contribution in [1.82, 2.24) is 9.80 Å². The van der Waals surface area contributed by atoms with E-state index < -0.39 is 0 Å². The number of rotatable bonds is 6. The van der Waals surface area contributed by atoms with Crippen molar-refractivity contribution in [2.24, 2.45) is 5.73 Å². The number of furan rings is 1. The Morgan fingerprint density at radius 1 is 1.41 bits per heavy atom. The Morgan fingerprint density at radius 3 is 2.65 bits per heavy atom. The highest BCUT2D eigenvalue weighted by molar-refractivity contribution is 5.77. The molecule has 0 spiro atoms. The number of hydrogen-bond donors (Lipinski definition) is 1. The number of carbonyl (C=O) groups is 1. The highest BCUT2D eigenvalue weighted by Gasteiger charge is 2.12. The van der Waals surface area contributed by atoms with Crippen LogP contribution in [0.5, 0.6) is 0 Å². The van der Waals surface area contributed by atoms with Gasteiger partial charge in [0.25, 0.3) is 0 Å². The fraction of sp³-hybridized carbons (Fsp3) is 0.583. The Hall–Kier alpha value is -1.33. The molecule has 2 N–H and O–H groups in total. The van der Waals surface area contributed by atoms with Gasteiger partial charge in [-0.15, -0.1) is 0 Å². The molecule has 0 bridgehead atoms. The van der Waals surface area contributed by atoms with Crippen LogP contribution in [0.4, 0.5) is 0 Å². The molecule has 5 nitrogen and oxygen atoms in total. The summed E-state index contributed by atoms with van der Waals surface area (Å²) in [7, 11) is 3.66. The first-order chi connectivity index (χ1) is 8.02. The van der Waals surface area contributed by atoms with Gasteiger partial charge in [-0.2, -0.15) is 0 Å². The van der Waals surface area contributed by atoms with E-state index in [0.29, 0.717) is 19.6 Å². The van der Waals surface area contributed by atoms with Crippen LogP contribution in [0.25, 0.3) is 0 Å². The van der Waals surface area contributed by atoms with Crippen LogP contribution in [-0.4, -0.2) is 49.4 Å². The molecule has 1 aromatic rings. The second-order valence-corrected chi connectivity index (χ2v) is 4.29. The third-order valence-corrected chi connectivity index (χ3v) is 2.53. The Morgan fingerprint density at radius 2 is 2.12 bits per heavy atom. The van der Waals surface area contributed by atoms with E-state index in [1.807, 2.05) is 31.0 Å². The molecule has 0 saturated heterocycles. The standard InChI is InChI=1S/C12H21N3O2/c1-10-4-5-11(17-10)8-15(3)12(16)9-14(2)7-6-13/h4-5H,6-9,13H2,1-3H3. The summed E-state index contributed by atoms with van der Waals surface area (Å²) in [5.74, 6) is 1.73. The van der Waals surface area contributed by atoms with Crippen molar-refractivity contribution in [3.8, 4) is 0 Å². The summed E-state index contributed by atoms with van der Waals surface area (Å²) in [4.78, 5) is 15.4. The van der Waals surface area contributed by atoms with Gasteiger partial charge in [-0.25, -0.2) is 0 Å². The predicted molar refractivity (Wildman–Crippen MR) is 66.5 cm³/mol. The fourth-order valence-electron chi connectivity index (χ4n) is 1.54. The first-order valence-electron chi connectivity index (χ1n) is 5.71. The lowest BCUT2D eigenvalue weighted by molar-refractivity contribution is -0.131. The van der Waals surface area contributed by atoms with Gasteiger partial charge in [0.2, 0.25) is 5.91 Å². The van der Waals surface area contributed by atoms with Crippen molar-refractivity contribution in [3.63, 3.8) is 0 Å². The Kier molecular flexibility index (Phi) is 5.18. The molecule has 0 atom stereocenters. The normalized spacial score (nSPS) is 10.9. The number of carbonyl (C=O) groups excluding carboxylic acids is 1. The molecule has 0 aromatic carbocycles. The van der Waals surface area contributed by atoms with Crippen molar-refractivity contribution in [1.29, 1.82) is 0 Å². The Labute approximate surface area is 102 Å². The molecule has 0 unspecified atom stereocenters. The molecule has 1 amide bonds. The average molecular weight is 239 g/mol. The zero-order valence-electron chi connectivity index (χ0n) is 10.8. The van der Waals surface area contributed by atoms with Crippen LogP contribution >= 0.6 is 0 Å². The van der Waals surface area contributed by atoms with Crippen LogP contribution < -0.4 is 5.73 Å². The van der Waals surface area contributed by atoms with Gasteiger partial charge in [0.1, 0.15) is 11.5 Å². The van der Waals surface area contributed by atoms with Crippen molar-refractivity contribution in [2.75, 3.05) is 33.7 Å². The number of likely N-dealkylation sites (N-methyl/N-ethyl adjacent to an activating group) is 2. The molecule has 96 valence electrons. The topological polar surface area (TPSA) is 62.7 Å². The maximum absolute atomic E-state index is 11.8. The van der Waals surface area contributed by atoms with E-state index in [1.165, 1.54) is 0 Å². The van der Waals surface area contributed by atoms with Crippen LogP contribution in [0.2, 0.25) is 0 Å². The lowest BCUT2D eigenvalue weighted by Gasteiger charge is -2.20. The average Bonchev–Trinajstić information content (AvgIpc) is 2.64. The highest BCUT2D eigenvalue weighted by atomic mass is 16.3. The number of aryl methyl sites for hydroxylation is 1. The van der Waals surface area contributed by atoms with Crippen LogP contribution in [0.1, 0.15) is 11.5 Å². The summed E-state index contributed by atoms with van der Waals surface area (Å²) in [6.07, 6.45) is 0. The minimum atomic E-state index is 0.0648. The molecular formula is C12H21N3O2. The van der Waals surface area contributed by atoms with E-state index in [4.69, 9.17) is 10.2 Å². The predicted octanol–water partition coefficient (Wildman–Crippen LogP) is 0.437. The van der Waals surface area contributed by atoms with Gasteiger partial charge in [0.15, 0.2) is 0 Å². The SMILES string of the molecule is Cc1ccc(CN(C)C(=O)CN(C)CCN)o1. The van der Waals surface area contributed by atoms with Gasteiger partial charge in [0, 0.05) is 20.1 Å². The van der Waals surface area contributed by atoms with Crippen molar-refractivity contribution in [3.05, 3.63) is 23.7 Å². The monoisotopic (exact) mass is 239 g/mol. The lowest BCUT2D eigenvalue weighted by Crippen LogP contribution is -2.38. The third-order valence-electron chi connectivity index (χ3n) is 2.53. The van der Waals surface area contributed by atoms with Crippen molar-refractivity contribution < 1.29 is 9.21 Å². The molecular weight excluding hydrogens is 218 g/mol. The first-order valence-corrected chi connectivity index (χ1v) is 5.71. The number of amides is 1. The smallest absolute Gasteiger partial charge is 0.236 e. The van der Waals surface area contributed by atoms with Gasteiger partial charge in [-0.1, -0.05) is 0 Å². The third kappa shape index (κ3) is 4.58. The van der Waals surface area contributed by atoms with E-state index in [2.05, 4.69) is 0 Å². The van der Waals surface area contributed by atoms with Gasteiger partial charge in [-0.3, -0.25) is 9.69 Å². The lowest BCUT2D eigenvalue weighted by atomic mass is 10.4. The quantitative estimate of drug-likeness (QED) is 0.782. The van der Waals surface area contributed by atoms with Crippen molar-refractivity contribution >= 4 is 5.91 Å². The second kappa shape index (κ2) is 6.42. The van der Waals surface area contributed by atoms with E-state index in [0.717, 1.165) is 18.1 Å². The summed E-state index contributed by atoms with van der Waals surface area (Å²) in [6, 6.07) is 3.79. The van der Waals surface area contributed by atoms with Gasteiger partial charge in [-0.05, 0) is 26.1 Å². The van der Waals surface area contributed by atoms with Crippen LogP contribution in [0.3, 0.4) is 0 Å². The molecule has 0 aliphatic carbocycles. The Balaban J connectivity index is 2.41. The summed E-state index contributed by atoms with van der Waals surface area (Å²) >= 11 is 0. The van der Waals surface area contributed by atoms with Gasteiger partial charge < -0.3 is 15.1 Å². The maximum atomic E-state index is 11.8. The van der Waals surface area contributed by atoms with Crippen molar-refractivity contribution in [2.45, 2.75) is 13.5 Å². The first kappa shape index (κ1) is 13.7. The molecule has 1 rings (SSSR count). The van der Waals surface area contributed by atoms with E-state index >= 15 is 0 Å². The van der Waals surface area contributed by atoms with Crippen LogP contribution in [0.15, 0.2) is 16.5 Å². The van der Waals surface area contributed by atoms with E-state index in [1.54, 1.807) is 11.9 Å². The highest BCUT2D eigenvalue weighted by Crippen LogP contribution is 2.08.